The van der Waals surface area contributed by atoms with Crippen molar-refractivity contribution in [2.24, 2.45) is 0 Å². The molecule has 0 spiro atoms. The Labute approximate surface area is 68.4 Å². The van der Waals surface area contributed by atoms with Gasteiger partial charge >= 0.3 is 0 Å². The molecule has 0 aliphatic rings. The number of nitrogens with one attached hydrogen (secondary N) is 2. The van der Waals surface area contributed by atoms with E-state index in [-0.39, 0.29) is 0 Å². The van der Waals surface area contributed by atoms with Crippen LogP contribution in [-0.4, -0.2) is 18.2 Å². The number of hydrogen-bond acceptors (Lipinski definition) is 1. The lowest BCUT2D eigenvalue weighted by Gasteiger charge is -2.07. The lowest BCUT2D eigenvalue weighted by Crippen LogP contribution is -2.35. The highest BCUT2D eigenvalue weighted by Gasteiger charge is 1.89. The van der Waals surface area contributed by atoms with E-state index in [0.29, 0.717) is 0 Å². The maximum absolute atomic E-state index is 4.96. The van der Waals surface area contributed by atoms with Crippen molar-refractivity contribution in [3.8, 4) is 0 Å². The third-order valence-electron chi connectivity index (χ3n) is 1.07. The molecule has 0 atom stereocenters. The molecule has 0 aromatic rings. The van der Waals surface area contributed by atoms with E-state index in [4.69, 9.17) is 12.2 Å². The summed E-state index contributed by atoms with van der Waals surface area (Å²) in [5, 5.41) is 6.96. The molecule has 0 aromatic carbocycles. The summed E-state index contributed by atoms with van der Waals surface area (Å²) in [7, 11) is 0. The first-order valence-electron chi connectivity index (χ1n) is 3.83. The normalized spacial score (nSPS) is 9.00. The van der Waals surface area contributed by atoms with Crippen molar-refractivity contribution in [1.29, 1.82) is 0 Å². The number of thiocarbonyl (C=S) groups is 1. The minimum absolute atomic E-state index is 0.781. The molecule has 0 heterocycles. The van der Waals surface area contributed by atoms with E-state index >= 15 is 0 Å². The molecule has 0 bridgehead atoms. The van der Waals surface area contributed by atoms with Crippen LogP contribution in [-0.2, 0) is 0 Å². The van der Waals surface area contributed by atoms with Crippen LogP contribution in [0.25, 0.3) is 0 Å². The average molecular weight is 160 g/mol. The topological polar surface area (TPSA) is 24.1 Å². The molecule has 0 aromatic heterocycles. The van der Waals surface area contributed by atoms with Crippen LogP contribution in [0, 0.1) is 0 Å². The molecule has 0 rings (SSSR count). The molecule has 60 valence electrons. The second-order valence-corrected chi connectivity index (χ2v) is 2.59. The van der Waals surface area contributed by atoms with Crippen molar-refractivity contribution in [3.63, 3.8) is 0 Å². The first-order valence-corrected chi connectivity index (χ1v) is 4.23. The van der Waals surface area contributed by atoms with Crippen LogP contribution in [0.1, 0.15) is 26.7 Å². The van der Waals surface area contributed by atoms with Crippen molar-refractivity contribution >= 4 is 17.3 Å². The van der Waals surface area contributed by atoms with Crippen molar-refractivity contribution in [2.75, 3.05) is 13.1 Å². The largest absolute Gasteiger partial charge is 0.363 e. The molecule has 0 amide bonds. The molecular weight excluding hydrogens is 144 g/mol. The van der Waals surface area contributed by atoms with Crippen molar-refractivity contribution < 1.29 is 0 Å². The Hall–Kier alpha value is -0.310. The Morgan fingerprint density at radius 1 is 1.10 bits per heavy atom. The van der Waals surface area contributed by atoms with Gasteiger partial charge in [0.1, 0.15) is 0 Å². The molecule has 2 N–H and O–H groups in total. The van der Waals surface area contributed by atoms with Gasteiger partial charge < -0.3 is 10.6 Å². The van der Waals surface area contributed by atoms with Crippen LogP contribution in [0.2, 0.25) is 0 Å². The quantitative estimate of drug-likeness (QED) is 0.606. The molecular formula is C7H16N2S. The van der Waals surface area contributed by atoms with Gasteiger partial charge in [0.25, 0.3) is 0 Å². The van der Waals surface area contributed by atoms with E-state index in [2.05, 4.69) is 24.5 Å². The van der Waals surface area contributed by atoms with Crippen molar-refractivity contribution in [1.82, 2.24) is 10.6 Å². The lowest BCUT2D eigenvalue weighted by atomic mass is 10.5. The highest BCUT2D eigenvalue weighted by molar-refractivity contribution is 7.80. The van der Waals surface area contributed by atoms with Crippen LogP contribution in [0.4, 0.5) is 0 Å². The van der Waals surface area contributed by atoms with Gasteiger partial charge in [-0.05, 0) is 25.1 Å². The Bertz CT molecular complexity index is 83.6. The first-order chi connectivity index (χ1) is 4.81. The second-order valence-electron chi connectivity index (χ2n) is 2.18. The van der Waals surface area contributed by atoms with Gasteiger partial charge in [-0.3, -0.25) is 0 Å². The minimum atomic E-state index is 0.781. The zero-order valence-electron chi connectivity index (χ0n) is 6.74. The van der Waals surface area contributed by atoms with E-state index in [9.17, 15) is 0 Å². The zero-order chi connectivity index (χ0) is 7.82. The standard InChI is InChI=1S/C7H16N2S/c1-3-5-8-7(10)9-6-4-2/h3-6H2,1-2H3,(H2,8,9,10). The maximum atomic E-state index is 4.96. The molecule has 0 aliphatic carbocycles. The van der Waals surface area contributed by atoms with Gasteiger partial charge in [-0.25, -0.2) is 0 Å². The molecule has 2 nitrogen and oxygen atoms in total. The Balaban J connectivity index is 3.09. The molecule has 0 fully saturated rings. The predicted molar refractivity (Wildman–Crippen MR) is 49.2 cm³/mol. The minimum Gasteiger partial charge on any atom is -0.363 e. The summed E-state index contributed by atoms with van der Waals surface area (Å²) in [6, 6.07) is 0. The SMILES string of the molecule is CCCNC(=S)NCCC. The Morgan fingerprint density at radius 2 is 1.50 bits per heavy atom. The van der Waals surface area contributed by atoms with E-state index < -0.39 is 0 Å². The molecule has 0 radical (unpaired) electrons. The summed E-state index contributed by atoms with van der Waals surface area (Å²) in [5.41, 5.74) is 0. The number of hydrogen-bond donors (Lipinski definition) is 2. The van der Waals surface area contributed by atoms with Crippen LogP contribution < -0.4 is 10.6 Å². The van der Waals surface area contributed by atoms with Crippen molar-refractivity contribution in [2.45, 2.75) is 26.7 Å². The fraction of sp³-hybridized carbons (Fsp3) is 0.857. The zero-order valence-corrected chi connectivity index (χ0v) is 7.55. The smallest absolute Gasteiger partial charge is 0.166 e. The third-order valence-corrected chi connectivity index (χ3v) is 1.36. The summed E-state index contributed by atoms with van der Waals surface area (Å²) in [6.07, 6.45) is 2.24. The monoisotopic (exact) mass is 160 g/mol. The number of rotatable bonds is 4. The summed E-state index contributed by atoms with van der Waals surface area (Å²) >= 11 is 4.96. The highest BCUT2D eigenvalue weighted by atomic mass is 32.1. The highest BCUT2D eigenvalue weighted by Crippen LogP contribution is 1.73. The third kappa shape index (κ3) is 5.82. The van der Waals surface area contributed by atoms with E-state index in [1.54, 1.807) is 0 Å². The second kappa shape index (κ2) is 6.81. The lowest BCUT2D eigenvalue weighted by molar-refractivity contribution is 0.781. The van der Waals surface area contributed by atoms with Gasteiger partial charge in [0.2, 0.25) is 0 Å². The first kappa shape index (κ1) is 9.69. The van der Waals surface area contributed by atoms with Gasteiger partial charge in [0.15, 0.2) is 5.11 Å². The summed E-state index contributed by atoms with van der Waals surface area (Å²) in [6.45, 7) is 6.18. The van der Waals surface area contributed by atoms with Gasteiger partial charge in [-0.15, -0.1) is 0 Å². The van der Waals surface area contributed by atoms with Crippen LogP contribution in [0.5, 0.6) is 0 Å². The van der Waals surface area contributed by atoms with Gasteiger partial charge in [0.05, 0.1) is 0 Å². The molecule has 0 aliphatic heterocycles. The van der Waals surface area contributed by atoms with E-state index in [1.165, 1.54) is 0 Å². The average Bonchev–Trinajstić information content (AvgIpc) is 1.97. The Kier molecular flexibility index (Phi) is 6.59. The van der Waals surface area contributed by atoms with Gasteiger partial charge in [-0.1, -0.05) is 13.8 Å². The fourth-order valence-corrected chi connectivity index (χ4v) is 0.744. The molecule has 0 saturated heterocycles. The van der Waals surface area contributed by atoms with Crippen LogP contribution >= 0.6 is 12.2 Å². The fourth-order valence-electron chi connectivity index (χ4n) is 0.540. The molecule has 10 heavy (non-hydrogen) atoms. The van der Waals surface area contributed by atoms with Crippen molar-refractivity contribution in [3.05, 3.63) is 0 Å². The summed E-state index contributed by atoms with van der Waals surface area (Å²) in [5.74, 6) is 0. The van der Waals surface area contributed by atoms with E-state index in [1.807, 2.05) is 0 Å². The summed E-state index contributed by atoms with van der Waals surface area (Å²) < 4.78 is 0. The van der Waals surface area contributed by atoms with Crippen LogP contribution in [0.15, 0.2) is 0 Å². The molecule has 0 unspecified atom stereocenters. The van der Waals surface area contributed by atoms with Crippen LogP contribution in [0.3, 0.4) is 0 Å². The Morgan fingerprint density at radius 3 is 1.80 bits per heavy atom. The van der Waals surface area contributed by atoms with Gasteiger partial charge in [-0.2, -0.15) is 0 Å². The summed E-state index contributed by atoms with van der Waals surface area (Å²) in [4.78, 5) is 0. The van der Waals surface area contributed by atoms with E-state index in [0.717, 1.165) is 31.0 Å². The molecule has 0 saturated carbocycles. The molecule has 3 heteroatoms. The predicted octanol–water partition coefficient (Wildman–Crippen LogP) is 1.27. The maximum Gasteiger partial charge on any atom is 0.166 e. The van der Waals surface area contributed by atoms with Gasteiger partial charge in [0, 0.05) is 13.1 Å².